The number of ether oxygens (including phenoxy) is 1. The van der Waals surface area contributed by atoms with Gasteiger partial charge in [-0.2, -0.15) is 0 Å². The highest BCUT2D eigenvalue weighted by atomic mass is 32.2. The van der Waals surface area contributed by atoms with Gasteiger partial charge in [0.05, 0.1) is 11.5 Å². The number of rotatable bonds is 7. The average Bonchev–Trinajstić information content (AvgIpc) is 2.71. The highest BCUT2D eigenvalue weighted by molar-refractivity contribution is 7.92. The van der Waals surface area contributed by atoms with Gasteiger partial charge in [0.2, 0.25) is 0 Å². The molecule has 0 radical (unpaired) electrons. The number of carbonyl (C=O) groups is 1. The Bertz CT molecular complexity index is 942. The number of sulfonamides is 1. The Morgan fingerprint density at radius 2 is 1.83 bits per heavy atom. The molecule has 2 N–H and O–H groups in total. The van der Waals surface area contributed by atoms with Crippen LogP contribution in [0, 0.1) is 5.92 Å². The maximum Gasteiger partial charge on any atom is 0.261 e. The lowest BCUT2D eigenvalue weighted by Crippen LogP contribution is -2.41. The molecule has 1 saturated carbocycles. The third-order valence-electron chi connectivity index (χ3n) is 5.25. The normalized spacial score (nSPS) is 19.4. The predicted molar refractivity (Wildman–Crippen MR) is 114 cm³/mol. The van der Waals surface area contributed by atoms with Gasteiger partial charge in [0.15, 0.2) is 0 Å². The van der Waals surface area contributed by atoms with Gasteiger partial charge in [-0.1, -0.05) is 25.8 Å². The van der Waals surface area contributed by atoms with E-state index in [0.29, 0.717) is 29.5 Å². The van der Waals surface area contributed by atoms with Crippen LogP contribution in [0.5, 0.6) is 5.75 Å². The van der Waals surface area contributed by atoms with Crippen LogP contribution in [0.1, 0.15) is 49.9 Å². The first-order valence-electron chi connectivity index (χ1n) is 10.1. The van der Waals surface area contributed by atoms with Gasteiger partial charge >= 0.3 is 0 Å². The van der Waals surface area contributed by atoms with Crippen molar-refractivity contribution >= 4 is 21.6 Å². The first kappa shape index (κ1) is 21.2. The van der Waals surface area contributed by atoms with Crippen molar-refractivity contribution in [2.75, 3.05) is 11.3 Å². The summed E-state index contributed by atoms with van der Waals surface area (Å²) in [7, 11) is -3.81. The average molecular weight is 417 g/mol. The summed E-state index contributed by atoms with van der Waals surface area (Å²) in [4.78, 5) is 12.7. The molecular weight excluding hydrogens is 388 g/mol. The van der Waals surface area contributed by atoms with Crippen LogP contribution in [0.4, 0.5) is 5.69 Å². The Kier molecular flexibility index (Phi) is 6.79. The Morgan fingerprint density at radius 1 is 1.10 bits per heavy atom. The molecule has 0 aliphatic heterocycles. The predicted octanol–water partition coefficient (Wildman–Crippen LogP) is 4.19. The van der Waals surface area contributed by atoms with Crippen molar-refractivity contribution in [2.24, 2.45) is 5.92 Å². The fourth-order valence-electron chi connectivity index (χ4n) is 3.59. The molecule has 1 fully saturated rings. The number of hydrogen-bond donors (Lipinski definition) is 2. The van der Waals surface area contributed by atoms with Gasteiger partial charge in [-0.25, -0.2) is 8.42 Å². The standard InChI is InChI=1S/C22H28N2O4S/c1-3-28-19-13-11-18(12-14-19)24-29(26,27)20-9-6-8-17(15-20)22(25)23-21-10-5-4-7-16(21)2/h6,8-9,11-16,21,24H,3-5,7,10H2,1-2H3,(H,23,25)/t16-,21-/m0/s1. The maximum absolute atomic E-state index is 12.8. The van der Waals surface area contributed by atoms with Crippen molar-refractivity contribution in [3.63, 3.8) is 0 Å². The summed E-state index contributed by atoms with van der Waals surface area (Å²) in [6, 6.07) is 13.0. The molecule has 2 aromatic carbocycles. The number of nitrogens with one attached hydrogen (secondary N) is 2. The van der Waals surface area contributed by atoms with E-state index in [1.54, 1.807) is 36.4 Å². The Labute approximate surface area is 172 Å². The minimum absolute atomic E-state index is 0.0516. The molecule has 0 bridgehead atoms. The fraction of sp³-hybridized carbons (Fsp3) is 0.409. The SMILES string of the molecule is CCOc1ccc(NS(=O)(=O)c2cccc(C(=O)N[C@H]3CCCC[C@@H]3C)c2)cc1. The first-order chi connectivity index (χ1) is 13.9. The molecule has 0 spiro atoms. The van der Waals surface area contributed by atoms with E-state index >= 15 is 0 Å². The maximum atomic E-state index is 12.8. The topological polar surface area (TPSA) is 84.5 Å². The molecule has 6 nitrogen and oxygen atoms in total. The van der Waals surface area contributed by atoms with Gasteiger partial charge in [-0.3, -0.25) is 9.52 Å². The molecule has 0 heterocycles. The van der Waals surface area contributed by atoms with Crippen molar-refractivity contribution in [1.29, 1.82) is 0 Å². The second-order valence-corrected chi connectivity index (χ2v) is 9.11. The smallest absolute Gasteiger partial charge is 0.261 e. The van der Waals surface area contributed by atoms with E-state index in [4.69, 9.17) is 4.74 Å². The Balaban J connectivity index is 1.72. The van der Waals surface area contributed by atoms with Gasteiger partial charge in [0.1, 0.15) is 5.75 Å². The van der Waals surface area contributed by atoms with Crippen LogP contribution < -0.4 is 14.8 Å². The molecule has 1 aliphatic carbocycles. The summed E-state index contributed by atoms with van der Waals surface area (Å²) in [5.41, 5.74) is 0.775. The first-order valence-corrected chi connectivity index (χ1v) is 11.5. The van der Waals surface area contributed by atoms with E-state index in [-0.39, 0.29) is 16.8 Å². The fourth-order valence-corrected chi connectivity index (χ4v) is 4.69. The summed E-state index contributed by atoms with van der Waals surface area (Å²) >= 11 is 0. The van der Waals surface area contributed by atoms with E-state index in [1.807, 2.05) is 6.92 Å². The van der Waals surface area contributed by atoms with E-state index in [0.717, 1.165) is 19.3 Å². The summed E-state index contributed by atoms with van der Waals surface area (Å²) in [5.74, 6) is 0.869. The highest BCUT2D eigenvalue weighted by Gasteiger charge is 2.24. The summed E-state index contributed by atoms with van der Waals surface area (Å²) in [6.07, 6.45) is 4.36. The number of anilines is 1. The van der Waals surface area contributed by atoms with Crippen molar-refractivity contribution < 1.29 is 17.9 Å². The van der Waals surface area contributed by atoms with Crippen molar-refractivity contribution in [3.05, 3.63) is 54.1 Å². The third-order valence-corrected chi connectivity index (χ3v) is 6.63. The van der Waals surface area contributed by atoms with Gasteiger partial charge in [0, 0.05) is 17.3 Å². The van der Waals surface area contributed by atoms with Crippen LogP contribution in [0.3, 0.4) is 0 Å². The molecule has 29 heavy (non-hydrogen) atoms. The lowest BCUT2D eigenvalue weighted by molar-refractivity contribution is 0.0910. The van der Waals surface area contributed by atoms with Gasteiger partial charge in [-0.15, -0.1) is 0 Å². The van der Waals surface area contributed by atoms with E-state index in [2.05, 4.69) is 17.0 Å². The van der Waals surface area contributed by atoms with Crippen LogP contribution in [0.2, 0.25) is 0 Å². The summed E-state index contributed by atoms with van der Waals surface area (Å²) in [5, 5.41) is 3.06. The van der Waals surface area contributed by atoms with Crippen LogP contribution in [-0.2, 0) is 10.0 Å². The van der Waals surface area contributed by atoms with E-state index in [9.17, 15) is 13.2 Å². The van der Waals surface area contributed by atoms with Crippen molar-refractivity contribution in [2.45, 2.75) is 50.5 Å². The van der Waals surface area contributed by atoms with Crippen molar-refractivity contribution in [3.8, 4) is 5.75 Å². The zero-order valence-corrected chi connectivity index (χ0v) is 17.7. The zero-order valence-electron chi connectivity index (χ0n) is 16.9. The number of benzene rings is 2. The quantitative estimate of drug-likeness (QED) is 0.709. The van der Waals surface area contributed by atoms with Gasteiger partial charge in [-0.05, 0) is 68.1 Å². The molecule has 0 aromatic heterocycles. The summed E-state index contributed by atoms with van der Waals surface area (Å²) < 4.78 is 33.4. The molecule has 156 valence electrons. The van der Waals surface area contributed by atoms with Gasteiger partial charge < -0.3 is 10.1 Å². The number of hydrogen-bond acceptors (Lipinski definition) is 4. The molecule has 1 amide bonds. The molecule has 2 aromatic rings. The third kappa shape index (κ3) is 5.50. The van der Waals surface area contributed by atoms with Crippen LogP contribution in [-0.4, -0.2) is 27.0 Å². The highest BCUT2D eigenvalue weighted by Crippen LogP contribution is 2.24. The van der Waals surface area contributed by atoms with E-state index in [1.165, 1.54) is 18.6 Å². The minimum atomic E-state index is -3.81. The molecule has 1 aliphatic rings. The molecule has 2 atom stereocenters. The molecule has 0 saturated heterocycles. The number of amides is 1. The van der Waals surface area contributed by atoms with Crippen LogP contribution in [0.15, 0.2) is 53.4 Å². The lowest BCUT2D eigenvalue weighted by atomic mass is 9.86. The molecular formula is C22H28N2O4S. The molecule has 3 rings (SSSR count). The van der Waals surface area contributed by atoms with Crippen LogP contribution >= 0.6 is 0 Å². The van der Waals surface area contributed by atoms with Gasteiger partial charge in [0.25, 0.3) is 15.9 Å². The Hall–Kier alpha value is -2.54. The summed E-state index contributed by atoms with van der Waals surface area (Å²) in [6.45, 7) is 4.57. The molecule has 0 unspecified atom stereocenters. The Morgan fingerprint density at radius 3 is 2.52 bits per heavy atom. The van der Waals surface area contributed by atoms with E-state index < -0.39 is 10.0 Å². The second kappa shape index (κ2) is 9.31. The minimum Gasteiger partial charge on any atom is -0.494 e. The molecule has 7 heteroatoms. The van der Waals surface area contributed by atoms with Crippen molar-refractivity contribution in [1.82, 2.24) is 5.32 Å². The van der Waals surface area contributed by atoms with Crippen LogP contribution in [0.25, 0.3) is 0 Å². The second-order valence-electron chi connectivity index (χ2n) is 7.43. The monoisotopic (exact) mass is 416 g/mol. The number of carbonyl (C=O) groups excluding carboxylic acids is 1. The largest absolute Gasteiger partial charge is 0.494 e. The lowest BCUT2D eigenvalue weighted by Gasteiger charge is -2.29. The zero-order chi connectivity index (χ0) is 20.9.